The van der Waals surface area contributed by atoms with Crippen LogP contribution in [0.2, 0.25) is 0 Å². The van der Waals surface area contributed by atoms with Crippen molar-refractivity contribution in [2.45, 2.75) is 38.5 Å². The van der Waals surface area contributed by atoms with Crippen molar-refractivity contribution >= 4 is 49.6 Å². The van der Waals surface area contributed by atoms with E-state index >= 15 is 0 Å². The summed E-state index contributed by atoms with van der Waals surface area (Å²) in [4.78, 5) is 2.54. The Hall–Kier alpha value is -6.38. The summed E-state index contributed by atoms with van der Waals surface area (Å²) in [5.74, 6) is 0. The van der Waals surface area contributed by atoms with E-state index in [-0.39, 0.29) is 10.8 Å². The molecule has 0 fully saturated rings. The maximum atomic E-state index is 2.54. The first kappa shape index (κ1) is 31.2. The molecule has 2 heteroatoms. The van der Waals surface area contributed by atoms with Crippen molar-refractivity contribution in [2.75, 3.05) is 4.90 Å². The van der Waals surface area contributed by atoms with Crippen molar-refractivity contribution < 1.29 is 0 Å². The average Bonchev–Trinajstić information content (AvgIpc) is 3.75. The third-order valence-corrected chi connectivity index (χ3v) is 12.6. The van der Waals surface area contributed by atoms with Gasteiger partial charge < -0.3 is 9.47 Å². The molecule has 0 N–H and O–H groups in total. The molecule has 2 aliphatic carbocycles. The summed E-state index contributed by atoms with van der Waals surface area (Å²) >= 11 is 0. The molecule has 0 spiro atoms. The fourth-order valence-electron chi connectivity index (χ4n) is 9.95. The number of aromatic nitrogens is 1. The molecule has 0 aliphatic heterocycles. The molecular weight excluding hydrogens is 653 g/mol. The van der Waals surface area contributed by atoms with Gasteiger partial charge in [-0.05, 0) is 86.8 Å². The highest BCUT2D eigenvalue weighted by molar-refractivity contribution is 6.11. The number of anilines is 3. The van der Waals surface area contributed by atoms with Gasteiger partial charge >= 0.3 is 0 Å². The zero-order valence-electron chi connectivity index (χ0n) is 31.1. The van der Waals surface area contributed by atoms with Crippen LogP contribution in [-0.2, 0) is 10.8 Å². The number of benzene rings is 8. The Morgan fingerprint density at radius 1 is 0.407 bits per heavy atom. The predicted octanol–water partition coefficient (Wildman–Crippen LogP) is 14.0. The second-order valence-electron chi connectivity index (χ2n) is 16.2. The lowest BCUT2D eigenvalue weighted by Gasteiger charge is -2.31. The van der Waals surface area contributed by atoms with Crippen molar-refractivity contribution in [3.8, 4) is 27.9 Å². The lowest BCUT2D eigenvalue weighted by atomic mass is 9.82. The van der Waals surface area contributed by atoms with Crippen LogP contribution in [0.1, 0.15) is 49.9 Å². The molecule has 1 heterocycles. The molecule has 0 radical (unpaired) electrons. The van der Waals surface area contributed by atoms with Crippen molar-refractivity contribution in [2.24, 2.45) is 0 Å². The van der Waals surface area contributed by atoms with Crippen LogP contribution in [-0.4, -0.2) is 4.57 Å². The number of rotatable bonds is 4. The van der Waals surface area contributed by atoms with E-state index in [9.17, 15) is 0 Å². The zero-order chi connectivity index (χ0) is 36.3. The Bertz CT molecular complexity index is 2960. The molecule has 258 valence electrons. The second kappa shape index (κ2) is 11.1. The number of nitrogens with zero attached hydrogens (tertiary/aromatic N) is 2. The van der Waals surface area contributed by atoms with E-state index < -0.39 is 0 Å². The van der Waals surface area contributed by atoms with Gasteiger partial charge in [-0.2, -0.15) is 0 Å². The zero-order valence-corrected chi connectivity index (χ0v) is 31.1. The van der Waals surface area contributed by atoms with Gasteiger partial charge in [0.05, 0.1) is 22.4 Å². The van der Waals surface area contributed by atoms with E-state index in [1.54, 1.807) is 0 Å². The highest BCUT2D eigenvalue weighted by Gasteiger charge is 2.39. The van der Waals surface area contributed by atoms with Crippen LogP contribution in [0.25, 0.3) is 60.5 Å². The topological polar surface area (TPSA) is 8.17 Å². The Morgan fingerprint density at radius 2 is 0.963 bits per heavy atom. The first-order valence-corrected chi connectivity index (χ1v) is 19.1. The van der Waals surface area contributed by atoms with Gasteiger partial charge in [-0.1, -0.05) is 155 Å². The molecule has 2 nitrogen and oxygen atoms in total. The fourth-order valence-corrected chi connectivity index (χ4v) is 9.95. The van der Waals surface area contributed by atoms with Crippen LogP contribution in [0.5, 0.6) is 0 Å². The molecule has 8 aromatic carbocycles. The van der Waals surface area contributed by atoms with Gasteiger partial charge in [0.25, 0.3) is 0 Å². The Kier molecular flexibility index (Phi) is 6.39. The highest BCUT2D eigenvalue weighted by atomic mass is 15.1. The highest BCUT2D eigenvalue weighted by Crippen LogP contribution is 2.56. The van der Waals surface area contributed by atoms with Crippen LogP contribution < -0.4 is 4.90 Å². The van der Waals surface area contributed by atoms with Gasteiger partial charge in [0, 0.05) is 43.9 Å². The van der Waals surface area contributed by atoms with Gasteiger partial charge in [-0.15, -0.1) is 0 Å². The molecule has 0 bridgehead atoms. The van der Waals surface area contributed by atoms with Crippen molar-refractivity contribution in [3.63, 3.8) is 0 Å². The Balaban J connectivity index is 1.24. The molecule has 0 atom stereocenters. The number of hydrogen-bond acceptors (Lipinski definition) is 1. The van der Waals surface area contributed by atoms with Gasteiger partial charge in [0.2, 0.25) is 0 Å². The monoisotopic (exact) mass is 692 g/mol. The molecule has 0 amide bonds. The van der Waals surface area contributed by atoms with Gasteiger partial charge in [-0.25, -0.2) is 0 Å². The van der Waals surface area contributed by atoms with Crippen molar-refractivity contribution in [3.05, 3.63) is 192 Å². The summed E-state index contributed by atoms with van der Waals surface area (Å²) in [6.45, 7) is 9.50. The van der Waals surface area contributed by atoms with Crippen LogP contribution >= 0.6 is 0 Å². The minimum absolute atomic E-state index is 0.118. The molecule has 11 rings (SSSR count). The summed E-state index contributed by atoms with van der Waals surface area (Å²) < 4.78 is 2.48. The van der Waals surface area contributed by atoms with Gasteiger partial charge in [0.15, 0.2) is 0 Å². The summed E-state index contributed by atoms with van der Waals surface area (Å²) in [6, 6.07) is 63.4. The quantitative estimate of drug-likeness (QED) is 0.178. The van der Waals surface area contributed by atoms with E-state index in [0.29, 0.717) is 0 Å². The maximum absolute atomic E-state index is 2.54. The normalized spacial score (nSPS) is 14.6. The lowest BCUT2D eigenvalue weighted by molar-refractivity contribution is 0.660. The van der Waals surface area contributed by atoms with E-state index in [2.05, 4.69) is 207 Å². The lowest BCUT2D eigenvalue weighted by Crippen LogP contribution is -2.17. The van der Waals surface area contributed by atoms with Crippen LogP contribution in [0.15, 0.2) is 170 Å². The van der Waals surface area contributed by atoms with E-state index in [0.717, 1.165) is 11.4 Å². The number of fused-ring (bicyclic) bond motifs is 10. The first-order chi connectivity index (χ1) is 26.3. The Labute approximate surface area is 316 Å². The summed E-state index contributed by atoms with van der Waals surface area (Å²) in [5.41, 5.74) is 17.6. The minimum atomic E-state index is -0.127. The minimum Gasteiger partial charge on any atom is -0.310 e. The molecule has 9 aromatic rings. The molecule has 54 heavy (non-hydrogen) atoms. The van der Waals surface area contributed by atoms with Gasteiger partial charge in [-0.3, -0.25) is 0 Å². The Morgan fingerprint density at radius 3 is 1.70 bits per heavy atom. The molecule has 0 saturated carbocycles. The number of para-hydroxylation sites is 2. The SMILES string of the molecule is CC1(C)c2ccccc2-c2ccc(N(c3cc(-n4c5ccccc5c5ccccc54)c4ccccc4c3)c3cccc4c3-c3ccccc3C4(C)C)cc21. The summed E-state index contributed by atoms with van der Waals surface area (Å²) in [7, 11) is 0. The third-order valence-electron chi connectivity index (χ3n) is 12.6. The predicted molar refractivity (Wildman–Crippen MR) is 228 cm³/mol. The van der Waals surface area contributed by atoms with E-state index in [1.807, 2.05) is 0 Å². The molecule has 0 unspecified atom stereocenters. The average molecular weight is 693 g/mol. The van der Waals surface area contributed by atoms with Crippen molar-refractivity contribution in [1.82, 2.24) is 4.57 Å². The van der Waals surface area contributed by atoms with Crippen LogP contribution in [0, 0.1) is 0 Å². The van der Waals surface area contributed by atoms with Crippen LogP contribution in [0.3, 0.4) is 0 Å². The standard InChI is InChI=1S/C52H40N2/c1-51(2)43-23-12-8-21-41(43)50-44(51)24-15-27-48(50)53(34-28-29-38-37-18-7-11-22-42(37)52(3,4)45(38)31-34)35-30-33-16-5-6-17-36(33)49(32-35)54-46-25-13-9-19-39(46)40-20-10-14-26-47(40)54/h5-32H,1-4H3. The first-order valence-electron chi connectivity index (χ1n) is 19.1. The molecule has 2 aliphatic rings. The van der Waals surface area contributed by atoms with Crippen molar-refractivity contribution in [1.29, 1.82) is 0 Å². The summed E-state index contributed by atoms with van der Waals surface area (Å²) in [5, 5.41) is 4.96. The van der Waals surface area contributed by atoms with E-state index in [1.165, 1.54) is 88.5 Å². The summed E-state index contributed by atoms with van der Waals surface area (Å²) in [6.07, 6.45) is 0. The number of hydrogen-bond donors (Lipinski definition) is 0. The molecule has 1 aromatic heterocycles. The second-order valence-corrected chi connectivity index (χ2v) is 16.2. The maximum Gasteiger partial charge on any atom is 0.0561 e. The smallest absolute Gasteiger partial charge is 0.0561 e. The third kappa shape index (κ3) is 4.17. The largest absolute Gasteiger partial charge is 0.310 e. The van der Waals surface area contributed by atoms with E-state index in [4.69, 9.17) is 0 Å². The van der Waals surface area contributed by atoms with Gasteiger partial charge in [0.1, 0.15) is 0 Å². The molecular formula is C52H40N2. The molecule has 0 saturated heterocycles. The fraction of sp³-hybridized carbons (Fsp3) is 0.115. The van der Waals surface area contributed by atoms with Crippen LogP contribution in [0.4, 0.5) is 17.1 Å².